The first-order chi connectivity index (χ1) is 14.9. The highest BCUT2D eigenvalue weighted by Crippen LogP contribution is 2.58. The molecule has 0 bridgehead atoms. The zero-order valence-electron chi connectivity index (χ0n) is 16.6. The highest BCUT2D eigenvalue weighted by molar-refractivity contribution is 8.03. The van der Waals surface area contributed by atoms with Crippen LogP contribution in [0.25, 0.3) is 0 Å². The lowest BCUT2D eigenvalue weighted by Gasteiger charge is -2.33. The lowest BCUT2D eigenvalue weighted by atomic mass is 10.0. The highest BCUT2D eigenvalue weighted by Gasteiger charge is 2.63. The summed E-state index contributed by atoms with van der Waals surface area (Å²) in [5, 5.41) is 0.733. The number of amides is 2. The second kappa shape index (κ2) is 7.59. The van der Waals surface area contributed by atoms with E-state index in [2.05, 4.69) is 0 Å². The van der Waals surface area contributed by atoms with Crippen molar-refractivity contribution in [1.29, 1.82) is 0 Å². The number of rotatable bonds is 3. The van der Waals surface area contributed by atoms with Crippen molar-refractivity contribution in [2.45, 2.75) is 23.6 Å². The first kappa shape index (κ1) is 20.4. The van der Waals surface area contributed by atoms with Gasteiger partial charge in [-0.3, -0.25) is 14.5 Å². The maximum atomic E-state index is 14.1. The Hall–Kier alpha value is -2.47. The summed E-state index contributed by atoms with van der Waals surface area (Å²) in [6, 6.07) is 22.2. The molecule has 5 rings (SSSR count). The highest BCUT2D eigenvalue weighted by atomic mass is 35.5. The molecule has 1 spiro atoms. The second-order valence-electron chi connectivity index (χ2n) is 7.56. The van der Waals surface area contributed by atoms with Crippen molar-refractivity contribution >= 4 is 58.2 Å². The van der Waals surface area contributed by atoms with Crippen molar-refractivity contribution in [2.75, 3.05) is 9.80 Å². The predicted octanol–water partition coefficient (Wildman–Crippen LogP) is 5.86. The number of thioether (sulfide) groups is 1. The molecule has 2 heterocycles. The summed E-state index contributed by atoms with van der Waals surface area (Å²) in [6.07, 6.45) is 0. The Morgan fingerprint density at radius 2 is 1.71 bits per heavy atom. The van der Waals surface area contributed by atoms with Gasteiger partial charge >= 0.3 is 0 Å². The molecule has 2 aliphatic rings. The zero-order valence-corrected chi connectivity index (χ0v) is 18.9. The number of anilines is 2. The van der Waals surface area contributed by atoms with Gasteiger partial charge in [-0.1, -0.05) is 65.7 Å². The maximum Gasteiger partial charge on any atom is 0.269 e. The molecule has 31 heavy (non-hydrogen) atoms. The molecule has 7 heteroatoms. The third-order valence-electron chi connectivity index (χ3n) is 5.68. The molecule has 0 unspecified atom stereocenters. The second-order valence-corrected chi connectivity index (χ2v) is 9.93. The molecule has 1 fully saturated rings. The van der Waals surface area contributed by atoms with Crippen molar-refractivity contribution in [2.24, 2.45) is 0 Å². The summed E-state index contributed by atoms with van der Waals surface area (Å²) in [7, 11) is 0. The van der Waals surface area contributed by atoms with Crippen LogP contribution in [-0.4, -0.2) is 17.1 Å². The molecule has 4 nitrogen and oxygen atoms in total. The van der Waals surface area contributed by atoms with Crippen molar-refractivity contribution < 1.29 is 9.59 Å². The number of para-hydroxylation sites is 1. The van der Waals surface area contributed by atoms with E-state index in [1.54, 1.807) is 28.0 Å². The minimum absolute atomic E-state index is 0.116. The van der Waals surface area contributed by atoms with Crippen LogP contribution in [0.5, 0.6) is 0 Å². The monoisotopic (exact) mass is 468 g/mol. The van der Waals surface area contributed by atoms with E-state index in [1.807, 2.05) is 61.5 Å². The first-order valence-electron chi connectivity index (χ1n) is 9.86. The van der Waals surface area contributed by atoms with Crippen LogP contribution < -0.4 is 9.80 Å². The first-order valence-corrected chi connectivity index (χ1v) is 11.5. The van der Waals surface area contributed by atoms with Gasteiger partial charge in [0.25, 0.3) is 5.91 Å². The van der Waals surface area contributed by atoms with E-state index in [0.717, 1.165) is 16.8 Å². The molecule has 0 N–H and O–H groups in total. The fraction of sp³-hybridized carbons (Fsp3) is 0.167. The van der Waals surface area contributed by atoms with Gasteiger partial charge < -0.3 is 4.90 Å². The van der Waals surface area contributed by atoms with Gasteiger partial charge in [0.15, 0.2) is 0 Å². The minimum atomic E-state index is -1.18. The van der Waals surface area contributed by atoms with Crippen LogP contribution in [0.4, 0.5) is 11.4 Å². The van der Waals surface area contributed by atoms with Crippen LogP contribution in [0.2, 0.25) is 10.0 Å². The number of benzene rings is 3. The number of nitrogens with zero attached hydrogens (tertiary/aromatic N) is 2. The average Bonchev–Trinajstić information content (AvgIpc) is 3.16. The van der Waals surface area contributed by atoms with E-state index in [9.17, 15) is 9.59 Å². The Balaban J connectivity index is 1.68. The van der Waals surface area contributed by atoms with Crippen molar-refractivity contribution in [1.82, 2.24) is 0 Å². The summed E-state index contributed by atoms with van der Waals surface area (Å²) in [4.78, 5) is 29.6. The van der Waals surface area contributed by atoms with E-state index in [0.29, 0.717) is 22.3 Å². The normalized spacial score (nSPS) is 22.5. The summed E-state index contributed by atoms with van der Waals surface area (Å²) in [6.45, 7) is 2.16. The van der Waals surface area contributed by atoms with Crippen LogP contribution in [0.3, 0.4) is 0 Å². The molecule has 2 amide bonds. The Morgan fingerprint density at radius 1 is 0.968 bits per heavy atom. The molecule has 0 aliphatic carbocycles. The fourth-order valence-corrected chi connectivity index (χ4v) is 6.22. The van der Waals surface area contributed by atoms with Gasteiger partial charge in [-0.15, -0.1) is 11.8 Å². The lowest BCUT2D eigenvalue weighted by molar-refractivity contribution is -0.124. The van der Waals surface area contributed by atoms with Gasteiger partial charge in [-0.05, 0) is 42.8 Å². The summed E-state index contributed by atoms with van der Waals surface area (Å²) >= 11 is 14.0. The maximum absolute atomic E-state index is 14.1. The number of hydrogen-bond donors (Lipinski definition) is 0. The Morgan fingerprint density at radius 3 is 2.48 bits per heavy atom. The number of hydrogen-bond acceptors (Lipinski definition) is 3. The molecular formula is C24H18Cl2N2O2S. The average molecular weight is 469 g/mol. The molecule has 0 saturated carbocycles. The standard InChI is InChI=1S/C24H18Cl2N2O2S/c1-15-22(29)28(18-9-6-8-17(25)13-18)24(31-15)19-10-3-5-12-21(19)27(23(24)30)14-16-7-2-4-11-20(16)26/h2-13,15H,14H2,1H3/t15-,24+/m1/s1. The van der Waals surface area contributed by atoms with Crippen LogP contribution in [0.15, 0.2) is 72.8 Å². The van der Waals surface area contributed by atoms with Crippen LogP contribution in [0, 0.1) is 0 Å². The van der Waals surface area contributed by atoms with Gasteiger partial charge in [0, 0.05) is 21.3 Å². The van der Waals surface area contributed by atoms with Crippen molar-refractivity contribution in [3.63, 3.8) is 0 Å². The Bertz CT molecular complexity index is 1220. The molecule has 2 atom stereocenters. The SMILES string of the molecule is C[C@H]1S[C@@]2(C(=O)N(Cc3ccccc3Cl)c3ccccc32)N(c2cccc(Cl)c2)C1=O. The van der Waals surface area contributed by atoms with Gasteiger partial charge in [0.05, 0.1) is 17.5 Å². The molecule has 0 radical (unpaired) electrons. The summed E-state index contributed by atoms with van der Waals surface area (Å²) in [5.74, 6) is -0.272. The van der Waals surface area contributed by atoms with Gasteiger partial charge in [-0.2, -0.15) is 0 Å². The summed E-state index contributed by atoms with van der Waals surface area (Å²) < 4.78 is 0. The molecule has 3 aromatic rings. The van der Waals surface area contributed by atoms with Crippen LogP contribution in [-0.2, 0) is 21.0 Å². The van der Waals surface area contributed by atoms with E-state index in [4.69, 9.17) is 23.2 Å². The molecule has 2 aliphatic heterocycles. The predicted molar refractivity (Wildman–Crippen MR) is 127 cm³/mol. The minimum Gasteiger partial charge on any atom is -0.304 e. The third-order valence-corrected chi connectivity index (χ3v) is 7.76. The molecule has 156 valence electrons. The Labute approximate surface area is 194 Å². The molecule has 0 aromatic heterocycles. The molecule has 3 aromatic carbocycles. The Kier molecular flexibility index (Phi) is 5.00. The lowest BCUT2D eigenvalue weighted by Crippen LogP contribution is -2.49. The van der Waals surface area contributed by atoms with Gasteiger partial charge in [0.2, 0.25) is 10.8 Å². The fourth-order valence-electron chi connectivity index (χ4n) is 4.31. The van der Waals surface area contributed by atoms with E-state index < -0.39 is 4.87 Å². The number of carbonyl (C=O) groups is 2. The largest absolute Gasteiger partial charge is 0.304 e. The molecule has 1 saturated heterocycles. The third kappa shape index (κ3) is 3.06. The van der Waals surface area contributed by atoms with E-state index in [-0.39, 0.29) is 17.1 Å². The van der Waals surface area contributed by atoms with E-state index >= 15 is 0 Å². The van der Waals surface area contributed by atoms with Crippen LogP contribution >= 0.6 is 35.0 Å². The number of carbonyl (C=O) groups excluding carboxylic acids is 2. The summed E-state index contributed by atoms with van der Waals surface area (Å²) in [5.41, 5.74) is 3.04. The molecular weight excluding hydrogens is 451 g/mol. The van der Waals surface area contributed by atoms with Crippen molar-refractivity contribution in [3.8, 4) is 0 Å². The van der Waals surface area contributed by atoms with Gasteiger partial charge in [-0.25, -0.2) is 0 Å². The number of fused-ring (bicyclic) bond motifs is 2. The van der Waals surface area contributed by atoms with Crippen LogP contribution in [0.1, 0.15) is 18.1 Å². The van der Waals surface area contributed by atoms with Crippen molar-refractivity contribution in [3.05, 3.63) is 94.0 Å². The quantitative estimate of drug-likeness (QED) is 0.483. The number of halogens is 2. The topological polar surface area (TPSA) is 40.6 Å². The van der Waals surface area contributed by atoms with E-state index in [1.165, 1.54) is 11.8 Å². The van der Waals surface area contributed by atoms with Gasteiger partial charge in [0.1, 0.15) is 0 Å². The smallest absolute Gasteiger partial charge is 0.269 e. The zero-order chi connectivity index (χ0) is 21.8.